The highest BCUT2D eigenvalue weighted by molar-refractivity contribution is 8.22. The van der Waals surface area contributed by atoms with Crippen molar-refractivity contribution >= 4 is 17.2 Å². The molecule has 3 nitrogen and oxygen atoms in total. The Morgan fingerprint density at radius 1 is 1.46 bits per heavy atom. The van der Waals surface area contributed by atoms with Crippen molar-refractivity contribution in [2.75, 3.05) is 13.2 Å². The normalized spacial score (nSPS) is 35.2. The van der Waals surface area contributed by atoms with Gasteiger partial charge < -0.3 is 14.8 Å². The number of thiol groups is 1. The number of nitrogens with one attached hydrogen (secondary N) is 1. The third kappa shape index (κ3) is 1.85. The van der Waals surface area contributed by atoms with Gasteiger partial charge in [-0.3, -0.25) is 0 Å². The molecule has 2 unspecified atom stereocenters. The van der Waals surface area contributed by atoms with Crippen LogP contribution in [0.4, 0.5) is 0 Å². The molecule has 1 N–H and O–H groups in total. The van der Waals surface area contributed by atoms with E-state index >= 15 is 0 Å². The number of morpholine rings is 1. The van der Waals surface area contributed by atoms with Gasteiger partial charge in [0.15, 0.2) is 0 Å². The van der Waals surface area contributed by atoms with Crippen molar-refractivity contribution < 1.29 is 9.53 Å². The Balaban J connectivity index is 2.05. The lowest BCUT2D eigenvalue weighted by Gasteiger charge is -2.33. The zero-order valence-electron chi connectivity index (χ0n) is 7.22. The van der Waals surface area contributed by atoms with Crippen LogP contribution in [0.1, 0.15) is 0 Å². The summed E-state index contributed by atoms with van der Waals surface area (Å²) in [4.78, 5) is 10.7. The second-order valence-electron chi connectivity index (χ2n) is 3.01. The van der Waals surface area contributed by atoms with Crippen LogP contribution in [-0.2, 0) is 9.53 Å². The molecule has 13 heavy (non-hydrogen) atoms. The Kier molecular flexibility index (Phi) is 2.83. The lowest BCUT2D eigenvalue weighted by atomic mass is 10.3. The molecule has 0 aliphatic carbocycles. The fraction of sp³-hybridized carbons (Fsp3) is 0.444. The van der Waals surface area contributed by atoms with Crippen LogP contribution < -0.4 is 5.32 Å². The number of hydrogen-bond donors (Lipinski definition) is 2. The Morgan fingerprint density at radius 3 is 2.92 bits per heavy atom. The maximum Gasteiger partial charge on any atom is 0.140 e. The molecule has 2 aliphatic heterocycles. The Morgan fingerprint density at radius 2 is 2.23 bits per heavy atom. The molecular formula is C9H13NO2S. The highest BCUT2D eigenvalue weighted by Gasteiger charge is 2.28. The minimum Gasteiger partial charge on any atom is -0.365 e. The van der Waals surface area contributed by atoms with Crippen molar-refractivity contribution in [3.63, 3.8) is 0 Å². The van der Waals surface area contributed by atoms with Gasteiger partial charge in [0, 0.05) is 6.54 Å². The van der Waals surface area contributed by atoms with Gasteiger partial charge in [0.25, 0.3) is 0 Å². The number of hydrogen-bond acceptors (Lipinski definition) is 3. The zero-order valence-corrected chi connectivity index (χ0v) is 8.11. The maximum atomic E-state index is 10.7. The molecule has 0 aromatic rings. The fourth-order valence-electron chi connectivity index (χ4n) is 1.51. The van der Waals surface area contributed by atoms with E-state index in [2.05, 4.69) is 16.1 Å². The first-order valence-electron chi connectivity index (χ1n) is 4.34. The van der Waals surface area contributed by atoms with E-state index in [9.17, 15) is 4.79 Å². The van der Waals surface area contributed by atoms with Crippen LogP contribution in [0.2, 0.25) is 0 Å². The number of aldehydes is 1. The van der Waals surface area contributed by atoms with Gasteiger partial charge in [-0.25, -0.2) is 0 Å². The molecule has 0 saturated carbocycles. The Bertz CT molecular complexity index is 240. The summed E-state index contributed by atoms with van der Waals surface area (Å²) in [6.07, 6.45) is 4.99. The predicted octanol–water partition coefficient (Wildman–Crippen LogP) is 0.542. The van der Waals surface area contributed by atoms with Crippen molar-refractivity contribution in [2.45, 2.75) is 11.5 Å². The van der Waals surface area contributed by atoms with Crippen LogP contribution in [0.25, 0.3) is 0 Å². The number of carbonyl (C=O) groups excluding carboxylic acids is 1. The van der Waals surface area contributed by atoms with E-state index in [0.29, 0.717) is 6.61 Å². The van der Waals surface area contributed by atoms with Gasteiger partial charge in [0.1, 0.15) is 11.7 Å². The first-order valence-corrected chi connectivity index (χ1v) is 5.89. The lowest BCUT2D eigenvalue weighted by molar-refractivity contribution is -0.112. The standard InChI is InChI=1S/C9H13NO2S/c11-7-8-9(12-4-3-10-8)13-5-1-2-6-13/h1-2,5-10,13H,3-4H2. The lowest BCUT2D eigenvalue weighted by Crippen LogP contribution is -2.48. The second kappa shape index (κ2) is 4.09. The quantitative estimate of drug-likeness (QED) is 0.503. The molecule has 0 bridgehead atoms. The summed E-state index contributed by atoms with van der Waals surface area (Å²) in [5.41, 5.74) is 0.0382. The van der Waals surface area contributed by atoms with Gasteiger partial charge in [-0.2, -0.15) is 10.9 Å². The minimum atomic E-state index is -0.386. The van der Waals surface area contributed by atoms with E-state index in [4.69, 9.17) is 4.74 Å². The predicted molar refractivity (Wildman–Crippen MR) is 54.9 cm³/mol. The third-order valence-electron chi connectivity index (χ3n) is 2.15. The molecule has 0 aromatic carbocycles. The number of carbonyl (C=O) groups is 1. The van der Waals surface area contributed by atoms with Crippen LogP contribution >= 0.6 is 10.9 Å². The van der Waals surface area contributed by atoms with Crippen LogP contribution in [-0.4, -0.2) is 30.9 Å². The summed E-state index contributed by atoms with van der Waals surface area (Å²) in [7, 11) is -0.386. The molecule has 2 heterocycles. The van der Waals surface area contributed by atoms with E-state index in [1.807, 2.05) is 12.2 Å². The van der Waals surface area contributed by atoms with Crippen LogP contribution in [0, 0.1) is 0 Å². The molecule has 0 spiro atoms. The highest BCUT2D eigenvalue weighted by atomic mass is 32.2. The van der Waals surface area contributed by atoms with E-state index < -0.39 is 0 Å². The molecule has 0 radical (unpaired) electrons. The van der Waals surface area contributed by atoms with Crippen LogP contribution in [0.5, 0.6) is 0 Å². The largest absolute Gasteiger partial charge is 0.365 e. The van der Waals surface area contributed by atoms with Crippen molar-refractivity contribution in [3.8, 4) is 0 Å². The topological polar surface area (TPSA) is 38.3 Å². The molecule has 4 heteroatoms. The van der Waals surface area contributed by atoms with E-state index in [-0.39, 0.29) is 22.4 Å². The molecule has 2 aliphatic rings. The van der Waals surface area contributed by atoms with Crippen molar-refractivity contribution in [2.24, 2.45) is 0 Å². The number of rotatable bonds is 2. The average molecular weight is 199 g/mol. The monoisotopic (exact) mass is 199 g/mol. The highest BCUT2D eigenvalue weighted by Crippen LogP contribution is 2.40. The molecule has 0 amide bonds. The molecule has 2 rings (SSSR count). The molecule has 1 saturated heterocycles. The van der Waals surface area contributed by atoms with Crippen LogP contribution in [0.15, 0.2) is 23.0 Å². The third-order valence-corrected chi connectivity index (χ3v) is 4.24. The first kappa shape index (κ1) is 8.99. The van der Waals surface area contributed by atoms with E-state index in [1.54, 1.807) is 0 Å². The van der Waals surface area contributed by atoms with Crippen molar-refractivity contribution in [3.05, 3.63) is 23.0 Å². The molecule has 2 atom stereocenters. The summed E-state index contributed by atoms with van der Waals surface area (Å²) >= 11 is 0. The maximum absolute atomic E-state index is 10.7. The van der Waals surface area contributed by atoms with Gasteiger partial charge in [0.2, 0.25) is 0 Å². The summed E-state index contributed by atoms with van der Waals surface area (Å²) in [6, 6.07) is -0.132. The Hall–Kier alpha value is -0.580. The van der Waals surface area contributed by atoms with Gasteiger partial charge in [-0.05, 0) is 10.8 Å². The zero-order chi connectivity index (χ0) is 9.10. The Labute approximate surface area is 80.2 Å². The number of ether oxygens (including phenoxy) is 1. The van der Waals surface area contributed by atoms with Crippen molar-refractivity contribution in [1.82, 2.24) is 5.32 Å². The van der Waals surface area contributed by atoms with Gasteiger partial charge >= 0.3 is 0 Å². The number of allylic oxidation sites excluding steroid dienone is 2. The van der Waals surface area contributed by atoms with E-state index in [0.717, 1.165) is 12.8 Å². The van der Waals surface area contributed by atoms with E-state index in [1.165, 1.54) is 0 Å². The summed E-state index contributed by atoms with van der Waals surface area (Å²) < 4.78 is 5.60. The molecule has 1 fully saturated rings. The summed E-state index contributed by atoms with van der Waals surface area (Å²) in [6.45, 7) is 1.48. The smallest absolute Gasteiger partial charge is 0.140 e. The average Bonchev–Trinajstić information content (AvgIpc) is 2.70. The first-order chi connectivity index (χ1) is 6.42. The molecular weight excluding hydrogens is 186 g/mol. The molecule has 72 valence electrons. The SMILES string of the molecule is O=CC1NCCOC1[SH]1C=CC=C1. The summed E-state index contributed by atoms with van der Waals surface area (Å²) in [5.74, 6) is 0. The van der Waals surface area contributed by atoms with Crippen molar-refractivity contribution in [1.29, 1.82) is 0 Å². The van der Waals surface area contributed by atoms with Gasteiger partial charge in [-0.15, -0.1) is 0 Å². The second-order valence-corrected chi connectivity index (χ2v) is 5.01. The minimum absolute atomic E-state index is 0.0382. The molecule has 0 aromatic heterocycles. The van der Waals surface area contributed by atoms with Crippen LogP contribution in [0.3, 0.4) is 0 Å². The van der Waals surface area contributed by atoms with Gasteiger partial charge in [0.05, 0.1) is 12.6 Å². The van der Waals surface area contributed by atoms with Gasteiger partial charge in [-0.1, -0.05) is 12.2 Å². The fourth-order valence-corrected chi connectivity index (χ4v) is 3.37. The summed E-state index contributed by atoms with van der Waals surface area (Å²) in [5, 5.41) is 7.41.